The molecule has 0 aliphatic carbocycles. The lowest BCUT2D eigenvalue weighted by Gasteiger charge is -2.11. The van der Waals surface area contributed by atoms with Crippen LogP contribution >= 0.6 is 0 Å². The molecule has 0 bridgehead atoms. The smallest absolute Gasteiger partial charge is 0.258 e. The lowest BCUT2D eigenvalue weighted by molar-refractivity contribution is 0.102. The van der Waals surface area contributed by atoms with Crippen molar-refractivity contribution in [3.63, 3.8) is 0 Å². The van der Waals surface area contributed by atoms with Crippen LogP contribution in [-0.2, 0) is 0 Å². The summed E-state index contributed by atoms with van der Waals surface area (Å²) < 4.78 is 0. The van der Waals surface area contributed by atoms with Crippen molar-refractivity contribution in [2.24, 2.45) is 0 Å². The van der Waals surface area contributed by atoms with Crippen LogP contribution in [0.4, 0.5) is 17.3 Å². The minimum Gasteiger partial charge on any atom is -0.324 e. The van der Waals surface area contributed by atoms with Gasteiger partial charge in [0.25, 0.3) is 5.91 Å². The highest BCUT2D eigenvalue weighted by molar-refractivity contribution is 6.04. The zero-order valence-corrected chi connectivity index (χ0v) is 15.4. The van der Waals surface area contributed by atoms with E-state index in [0.29, 0.717) is 11.5 Å². The molecule has 2 N–H and O–H groups in total. The Morgan fingerprint density at radius 1 is 0.885 bits per heavy atom. The van der Waals surface area contributed by atoms with Crippen LogP contribution in [0.1, 0.15) is 32.6 Å². The third kappa shape index (κ3) is 3.88. The normalized spacial score (nSPS) is 10.5. The van der Waals surface area contributed by atoms with Gasteiger partial charge in [-0.1, -0.05) is 24.3 Å². The molecule has 0 atom stereocenters. The number of aromatic nitrogens is 2. The molecule has 3 rings (SSSR count). The third-order valence-electron chi connectivity index (χ3n) is 4.41. The molecule has 2 aromatic carbocycles. The standard InChI is InChI=1S/C21H22N4O/c1-13-8-9-15(3)19(10-13)24-20(26)17-11-22-21(23-12-17)25-18-7-5-6-14(2)16(18)4/h5-12H,1-4H3,(H,24,26)(H,22,23,25). The fraction of sp³-hybridized carbons (Fsp3) is 0.190. The van der Waals surface area contributed by atoms with Crippen molar-refractivity contribution in [2.75, 3.05) is 10.6 Å². The molecular formula is C21H22N4O. The fourth-order valence-electron chi connectivity index (χ4n) is 2.58. The minimum absolute atomic E-state index is 0.225. The zero-order valence-electron chi connectivity index (χ0n) is 15.4. The van der Waals surface area contributed by atoms with Gasteiger partial charge in [0.15, 0.2) is 0 Å². The summed E-state index contributed by atoms with van der Waals surface area (Å²) in [5.74, 6) is 0.235. The molecule has 1 amide bonds. The number of nitrogens with zero attached hydrogens (tertiary/aromatic N) is 2. The number of carbonyl (C=O) groups excluding carboxylic acids is 1. The van der Waals surface area contributed by atoms with E-state index in [0.717, 1.165) is 28.1 Å². The molecule has 5 heteroatoms. The van der Waals surface area contributed by atoms with Crippen LogP contribution in [0, 0.1) is 27.7 Å². The second kappa shape index (κ2) is 7.35. The summed E-state index contributed by atoms with van der Waals surface area (Å²) in [6, 6.07) is 12.0. The van der Waals surface area contributed by atoms with E-state index in [1.165, 1.54) is 18.0 Å². The van der Waals surface area contributed by atoms with Gasteiger partial charge in [0.2, 0.25) is 5.95 Å². The van der Waals surface area contributed by atoms with Gasteiger partial charge in [-0.15, -0.1) is 0 Å². The van der Waals surface area contributed by atoms with Crippen molar-refractivity contribution < 1.29 is 4.79 Å². The van der Waals surface area contributed by atoms with Gasteiger partial charge in [0, 0.05) is 23.8 Å². The van der Waals surface area contributed by atoms with E-state index in [2.05, 4.69) is 33.6 Å². The summed E-state index contributed by atoms with van der Waals surface area (Å²) >= 11 is 0. The average molecular weight is 346 g/mol. The van der Waals surface area contributed by atoms with Gasteiger partial charge in [0.1, 0.15) is 0 Å². The maximum absolute atomic E-state index is 12.4. The largest absolute Gasteiger partial charge is 0.324 e. The van der Waals surface area contributed by atoms with E-state index in [4.69, 9.17) is 0 Å². The maximum Gasteiger partial charge on any atom is 0.258 e. The fourth-order valence-corrected chi connectivity index (χ4v) is 2.58. The van der Waals surface area contributed by atoms with Crippen LogP contribution in [0.5, 0.6) is 0 Å². The molecule has 0 saturated carbocycles. The Morgan fingerprint density at radius 3 is 2.35 bits per heavy atom. The number of aryl methyl sites for hydroxylation is 3. The minimum atomic E-state index is -0.225. The van der Waals surface area contributed by atoms with E-state index >= 15 is 0 Å². The quantitative estimate of drug-likeness (QED) is 0.718. The van der Waals surface area contributed by atoms with Gasteiger partial charge < -0.3 is 10.6 Å². The molecule has 0 aliphatic rings. The Labute approximate surface area is 153 Å². The van der Waals surface area contributed by atoms with Crippen LogP contribution in [0.15, 0.2) is 48.8 Å². The molecule has 0 radical (unpaired) electrons. The molecule has 1 heterocycles. The Bertz CT molecular complexity index is 949. The van der Waals surface area contributed by atoms with E-state index in [9.17, 15) is 4.79 Å². The number of rotatable bonds is 4. The molecule has 5 nitrogen and oxygen atoms in total. The predicted octanol–water partition coefficient (Wildman–Crippen LogP) is 4.71. The second-order valence-electron chi connectivity index (χ2n) is 6.44. The Kier molecular flexibility index (Phi) is 4.98. The van der Waals surface area contributed by atoms with Crippen molar-refractivity contribution in [1.29, 1.82) is 0 Å². The summed E-state index contributed by atoms with van der Waals surface area (Å²) in [6.45, 7) is 8.06. The SMILES string of the molecule is Cc1ccc(C)c(NC(=O)c2cnc(Nc3cccc(C)c3C)nc2)c1. The Balaban J connectivity index is 1.73. The highest BCUT2D eigenvalue weighted by atomic mass is 16.1. The number of hydrogen-bond acceptors (Lipinski definition) is 4. The van der Waals surface area contributed by atoms with E-state index < -0.39 is 0 Å². The second-order valence-corrected chi connectivity index (χ2v) is 6.44. The number of benzene rings is 2. The lowest BCUT2D eigenvalue weighted by atomic mass is 10.1. The third-order valence-corrected chi connectivity index (χ3v) is 4.41. The molecule has 0 unspecified atom stereocenters. The molecular weight excluding hydrogens is 324 g/mol. The van der Waals surface area contributed by atoms with Crippen molar-refractivity contribution in [1.82, 2.24) is 9.97 Å². The molecule has 0 aliphatic heterocycles. The van der Waals surface area contributed by atoms with Crippen molar-refractivity contribution in [3.05, 3.63) is 76.6 Å². The molecule has 0 saturated heterocycles. The Morgan fingerprint density at radius 2 is 1.62 bits per heavy atom. The van der Waals surface area contributed by atoms with Crippen molar-refractivity contribution in [2.45, 2.75) is 27.7 Å². The van der Waals surface area contributed by atoms with Gasteiger partial charge in [0.05, 0.1) is 5.56 Å². The number of amides is 1. The van der Waals surface area contributed by atoms with Crippen LogP contribution in [0.2, 0.25) is 0 Å². The lowest BCUT2D eigenvalue weighted by Crippen LogP contribution is -2.14. The zero-order chi connectivity index (χ0) is 18.7. The average Bonchev–Trinajstić information content (AvgIpc) is 2.62. The first kappa shape index (κ1) is 17.6. The number of nitrogens with one attached hydrogen (secondary N) is 2. The molecule has 0 spiro atoms. The molecule has 0 fully saturated rings. The topological polar surface area (TPSA) is 66.9 Å². The van der Waals surface area contributed by atoms with Crippen LogP contribution in [0.25, 0.3) is 0 Å². The van der Waals surface area contributed by atoms with Crippen LogP contribution in [-0.4, -0.2) is 15.9 Å². The van der Waals surface area contributed by atoms with Gasteiger partial charge >= 0.3 is 0 Å². The number of anilines is 3. The van der Waals surface area contributed by atoms with Gasteiger partial charge in [-0.25, -0.2) is 9.97 Å². The Hall–Kier alpha value is -3.21. The van der Waals surface area contributed by atoms with E-state index in [1.54, 1.807) is 0 Å². The summed E-state index contributed by atoms with van der Waals surface area (Å²) in [4.78, 5) is 21.0. The van der Waals surface area contributed by atoms with Crippen molar-refractivity contribution >= 4 is 23.2 Å². The highest BCUT2D eigenvalue weighted by Crippen LogP contribution is 2.21. The molecule has 3 aromatic rings. The van der Waals surface area contributed by atoms with Crippen molar-refractivity contribution in [3.8, 4) is 0 Å². The first-order valence-corrected chi connectivity index (χ1v) is 8.48. The molecule has 132 valence electrons. The predicted molar refractivity (Wildman–Crippen MR) is 105 cm³/mol. The number of carbonyl (C=O) groups is 1. The monoisotopic (exact) mass is 346 g/mol. The van der Waals surface area contributed by atoms with Gasteiger partial charge in [-0.05, 0) is 62.1 Å². The summed E-state index contributed by atoms with van der Waals surface area (Å²) in [5.41, 5.74) is 6.61. The van der Waals surface area contributed by atoms with Gasteiger partial charge in [-0.3, -0.25) is 4.79 Å². The van der Waals surface area contributed by atoms with E-state index in [1.807, 2.05) is 51.1 Å². The van der Waals surface area contributed by atoms with Crippen LogP contribution < -0.4 is 10.6 Å². The summed E-state index contributed by atoms with van der Waals surface area (Å²) in [6.07, 6.45) is 3.06. The number of hydrogen-bond donors (Lipinski definition) is 2. The summed E-state index contributed by atoms with van der Waals surface area (Å²) in [5, 5.41) is 6.11. The maximum atomic E-state index is 12.4. The van der Waals surface area contributed by atoms with Crippen LogP contribution in [0.3, 0.4) is 0 Å². The summed E-state index contributed by atoms with van der Waals surface area (Å²) in [7, 11) is 0. The van der Waals surface area contributed by atoms with Gasteiger partial charge in [-0.2, -0.15) is 0 Å². The first-order valence-electron chi connectivity index (χ1n) is 8.48. The first-order chi connectivity index (χ1) is 12.4. The molecule has 1 aromatic heterocycles. The molecule has 26 heavy (non-hydrogen) atoms. The highest BCUT2D eigenvalue weighted by Gasteiger charge is 2.10. The van der Waals surface area contributed by atoms with E-state index in [-0.39, 0.29) is 5.91 Å².